The number of carbonyl (C=O) groups is 2. The zero-order valence-electron chi connectivity index (χ0n) is 11.7. The lowest BCUT2D eigenvalue weighted by atomic mass is 9.99. The first-order chi connectivity index (χ1) is 9.63. The fraction of sp³-hybridized carbons (Fsp3) is 0.467. The van der Waals surface area contributed by atoms with E-state index in [2.05, 4.69) is 5.32 Å². The average molecular weight is 279 g/mol. The Morgan fingerprint density at radius 2 is 2.00 bits per heavy atom. The molecule has 1 rings (SSSR count). The van der Waals surface area contributed by atoms with Crippen molar-refractivity contribution >= 4 is 11.9 Å². The first-order valence-electron chi connectivity index (χ1n) is 6.66. The van der Waals surface area contributed by atoms with Crippen LogP contribution in [0.15, 0.2) is 30.3 Å². The van der Waals surface area contributed by atoms with E-state index in [0.29, 0.717) is 25.9 Å². The molecular weight excluding hydrogens is 258 g/mol. The maximum Gasteiger partial charge on any atom is 0.308 e. The number of carboxylic acid groups (broad SMARTS) is 1. The van der Waals surface area contributed by atoms with Crippen molar-refractivity contribution in [1.29, 1.82) is 0 Å². The number of hydrogen-bond acceptors (Lipinski definition) is 3. The number of hydrogen-bond donors (Lipinski definition) is 2. The van der Waals surface area contributed by atoms with Crippen LogP contribution in [0.25, 0.3) is 0 Å². The molecule has 5 nitrogen and oxygen atoms in total. The standard InChI is InChI=1S/C15H21NO4/c1-20-9-5-8-14(17)16-11-13(15(18)19)10-12-6-3-2-4-7-12/h2-4,6-7,13H,5,8-11H2,1H3,(H,16,17)(H,18,19). The monoisotopic (exact) mass is 279 g/mol. The molecule has 0 aromatic heterocycles. The lowest BCUT2D eigenvalue weighted by Crippen LogP contribution is -2.34. The zero-order chi connectivity index (χ0) is 14.8. The van der Waals surface area contributed by atoms with Gasteiger partial charge in [-0.3, -0.25) is 9.59 Å². The predicted molar refractivity (Wildman–Crippen MR) is 75.4 cm³/mol. The van der Waals surface area contributed by atoms with Crippen LogP contribution in [0.3, 0.4) is 0 Å². The third-order valence-corrected chi connectivity index (χ3v) is 2.97. The molecule has 0 spiro atoms. The van der Waals surface area contributed by atoms with Crippen molar-refractivity contribution in [3.8, 4) is 0 Å². The Labute approximate surface area is 118 Å². The fourth-order valence-electron chi connectivity index (χ4n) is 1.85. The van der Waals surface area contributed by atoms with E-state index in [1.165, 1.54) is 0 Å². The molecular formula is C15H21NO4. The van der Waals surface area contributed by atoms with E-state index in [0.717, 1.165) is 5.56 Å². The number of ether oxygens (including phenoxy) is 1. The van der Waals surface area contributed by atoms with Crippen LogP contribution in [0, 0.1) is 5.92 Å². The minimum atomic E-state index is -0.897. The largest absolute Gasteiger partial charge is 0.481 e. The maximum atomic E-state index is 11.5. The van der Waals surface area contributed by atoms with Crippen molar-refractivity contribution in [2.45, 2.75) is 19.3 Å². The van der Waals surface area contributed by atoms with Crippen LogP contribution < -0.4 is 5.32 Å². The lowest BCUT2D eigenvalue weighted by molar-refractivity contribution is -0.141. The maximum absolute atomic E-state index is 11.5. The fourth-order valence-corrected chi connectivity index (χ4v) is 1.85. The molecule has 20 heavy (non-hydrogen) atoms. The summed E-state index contributed by atoms with van der Waals surface area (Å²) in [5, 5.41) is 11.9. The van der Waals surface area contributed by atoms with Gasteiger partial charge in [-0.1, -0.05) is 30.3 Å². The molecule has 0 aliphatic heterocycles. The highest BCUT2D eigenvalue weighted by atomic mass is 16.5. The van der Waals surface area contributed by atoms with Gasteiger partial charge in [0.15, 0.2) is 0 Å². The third-order valence-electron chi connectivity index (χ3n) is 2.97. The summed E-state index contributed by atoms with van der Waals surface area (Å²) >= 11 is 0. The number of amides is 1. The van der Waals surface area contributed by atoms with Crippen LogP contribution in [0.2, 0.25) is 0 Å². The molecule has 1 unspecified atom stereocenters. The van der Waals surface area contributed by atoms with Crippen LogP contribution >= 0.6 is 0 Å². The topological polar surface area (TPSA) is 75.6 Å². The predicted octanol–water partition coefficient (Wildman–Crippen LogP) is 1.47. The second-order valence-corrected chi connectivity index (χ2v) is 4.63. The number of benzene rings is 1. The summed E-state index contributed by atoms with van der Waals surface area (Å²) in [6.07, 6.45) is 1.40. The van der Waals surface area contributed by atoms with Gasteiger partial charge in [-0.25, -0.2) is 0 Å². The first-order valence-corrected chi connectivity index (χ1v) is 6.66. The third kappa shape index (κ3) is 6.33. The van der Waals surface area contributed by atoms with Crippen LogP contribution in [0.5, 0.6) is 0 Å². The van der Waals surface area contributed by atoms with Gasteiger partial charge in [0.2, 0.25) is 5.91 Å². The van der Waals surface area contributed by atoms with Crippen molar-refractivity contribution in [1.82, 2.24) is 5.32 Å². The zero-order valence-corrected chi connectivity index (χ0v) is 11.7. The second kappa shape index (κ2) is 9.09. The van der Waals surface area contributed by atoms with Crippen molar-refractivity contribution in [2.24, 2.45) is 5.92 Å². The van der Waals surface area contributed by atoms with Gasteiger partial charge >= 0.3 is 5.97 Å². The number of methoxy groups -OCH3 is 1. The Morgan fingerprint density at radius 1 is 1.30 bits per heavy atom. The molecule has 1 aromatic carbocycles. The number of carbonyl (C=O) groups excluding carboxylic acids is 1. The summed E-state index contributed by atoms with van der Waals surface area (Å²) in [5.74, 6) is -1.64. The molecule has 0 aliphatic rings. The summed E-state index contributed by atoms with van der Waals surface area (Å²) in [4.78, 5) is 22.7. The quantitative estimate of drug-likeness (QED) is 0.671. The van der Waals surface area contributed by atoms with E-state index in [1.807, 2.05) is 30.3 Å². The van der Waals surface area contributed by atoms with E-state index in [-0.39, 0.29) is 12.5 Å². The van der Waals surface area contributed by atoms with Gasteiger partial charge < -0.3 is 15.2 Å². The van der Waals surface area contributed by atoms with Gasteiger partial charge in [0.05, 0.1) is 5.92 Å². The summed E-state index contributed by atoms with van der Waals surface area (Å²) in [7, 11) is 1.58. The van der Waals surface area contributed by atoms with E-state index in [9.17, 15) is 14.7 Å². The molecule has 0 heterocycles. The molecule has 0 fully saturated rings. The van der Waals surface area contributed by atoms with Crippen LogP contribution in [0.1, 0.15) is 18.4 Å². The van der Waals surface area contributed by atoms with E-state index in [4.69, 9.17) is 4.74 Å². The highest BCUT2D eigenvalue weighted by Crippen LogP contribution is 2.08. The molecule has 1 amide bonds. The summed E-state index contributed by atoms with van der Waals surface area (Å²) in [5.41, 5.74) is 0.952. The van der Waals surface area contributed by atoms with Gasteiger partial charge in [-0.05, 0) is 18.4 Å². The van der Waals surface area contributed by atoms with Crippen molar-refractivity contribution in [3.63, 3.8) is 0 Å². The normalized spacial score (nSPS) is 11.8. The highest BCUT2D eigenvalue weighted by molar-refractivity contribution is 5.77. The number of rotatable bonds is 9. The van der Waals surface area contributed by atoms with Gasteiger partial charge in [-0.15, -0.1) is 0 Å². The molecule has 110 valence electrons. The Morgan fingerprint density at radius 3 is 2.60 bits per heavy atom. The molecule has 1 atom stereocenters. The van der Waals surface area contributed by atoms with E-state index in [1.54, 1.807) is 7.11 Å². The van der Waals surface area contributed by atoms with E-state index < -0.39 is 11.9 Å². The highest BCUT2D eigenvalue weighted by Gasteiger charge is 2.18. The van der Waals surface area contributed by atoms with Crippen molar-refractivity contribution in [3.05, 3.63) is 35.9 Å². The molecule has 5 heteroatoms. The van der Waals surface area contributed by atoms with E-state index >= 15 is 0 Å². The van der Waals surface area contributed by atoms with Crippen LogP contribution in [0.4, 0.5) is 0 Å². The van der Waals surface area contributed by atoms with Crippen molar-refractivity contribution < 1.29 is 19.4 Å². The molecule has 0 bridgehead atoms. The minimum Gasteiger partial charge on any atom is -0.481 e. The second-order valence-electron chi connectivity index (χ2n) is 4.63. The molecule has 2 N–H and O–H groups in total. The Bertz CT molecular complexity index is 419. The van der Waals surface area contributed by atoms with Crippen molar-refractivity contribution in [2.75, 3.05) is 20.3 Å². The molecule has 0 saturated carbocycles. The smallest absolute Gasteiger partial charge is 0.308 e. The van der Waals surface area contributed by atoms with Crippen LogP contribution in [-0.4, -0.2) is 37.2 Å². The summed E-state index contributed by atoms with van der Waals surface area (Å²) in [6, 6.07) is 9.40. The average Bonchev–Trinajstić information content (AvgIpc) is 2.44. The molecule has 0 radical (unpaired) electrons. The van der Waals surface area contributed by atoms with Gasteiger partial charge in [0, 0.05) is 26.7 Å². The molecule has 0 saturated heterocycles. The van der Waals surface area contributed by atoms with Gasteiger partial charge in [0.25, 0.3) is 0 Å². The Balaban J connectivity index is 2.40. The number of carboxylic acids is 1. The first kappa shape index (κ1) is 16.2. The summed E-state index contributed by atoms with van der Waals surface area (Å²) in [6.45, 7) is 0.676. The Hall–Kier alpha value is -1.88. The SMILES string of the molecule is COCCCC(=O)NCC(Cc1ccccc1)C(=O)O. The molecule has 0 aliphatic carbocycles. The molecule has 1 aromatic rings. The minimum absolute atomic E-state index is 0.138. The lowest BCUT2D eigenvalue weighted by Gasteiger charge is -2.13. The summed E-state index contributed by atoms with van der Waals surface area (Å²) < 4.78 is 4.86. The number of aliphatic carboxylic acids is 1. The van der Waals surface area contributed by atoms with Crippen LogP contribution in [-0.2, 0) is 20.7 Å². The Kier molecular flexibility index (Phi) is 7.35. The number of nitrogens with one attached hydrogen (secondary N) is 1. The van der Waals surface area contributed by atoms with Gasteiger partial charge in [0.1, 0.15) is 0 Å². The van der Waals surface area contributed by atoms with Gasteiger partial charge in [-0.2, -0.15) is 0 Å².